The van der Waals surface area contributed by atoms with Gasteiger partial charge in [-0.25, -0.2) is 9.48 Å². The van der Waals surface area contributed by atoms with Crippen molar-refractivity contribution in [2.24, 2.45) is 0 Å². The van der Waals surface area contributed by atoms with E-state index in [1.165, 1.54) is 7.11 Å². The maximum absolute atomic E-state index is 12.1. The SMILES string of the molecule is CC=C(C(=O)OC)c1ccccc1C=Cc1cnn(-c2ccccc2)c1C. The summed E-state index contributed by atoms with van der Waals surface area (Å²) in [5, 5.41) is 4.49. The molecule has 0 bridgehead atoms. The fraction of sp³-hybridized carbons (Fsp3) is 0.130. The van der Waals surface area contributed by atoms with Crippen molar-refractivity contribution in [1.29, 1.82) is 0 Å². The van der Waals surface area contributed by atoms with Crippen LogP contribution in [0, 0.1) is 6.92 Å². The number of carbonyl (C=O) groups excluding carboxylic acids is 1. The molecular weight excluding hydrogens is 336 g/mol. The molecule has 0 aliphatic rings. The molecule has 0 amide bonds. The molecule has 4 nitrogen and oxygen atoms in total. The lowest BCUT2D eigenvalue weighted by molar-refractivity contribution is -0.133. The Labute approximate surface area is 159 Å². The molecule has 27 heavy (non-hydrogen) atoms. The molecule has 0 saturated carbocycles. The lowest BCUT2D eigenvalue weighted by Crippen LogP contribution is -2.04. The molecule has 0 aliphatic heterocycles. The molecule has 3 aromatic rings. The zero-order valence-electron chi connectivity index (χ0n) is 15.7. The van der Waals surface area contributed by atoms with Crippen LogP contribution >= 0.6 is 0 Å². The average Bonchev–Trinajstić information content (AvgIpc) is 3.08. The highest BCUT2D eigenvalue weighted by Crippen LogP contribution is 2.23. The van der Waals surface area contributed by atoms with Crippen molar-refractivity contribution in [2.75, 3.05) is 7.11 Å². The normalized spacial score (nSPS) is 11.7. The lowest BCUT2D eigenvalue weighted by atomic mass is 9.98. The summed E-state index contributed by atoms with van der Waals surface area (Å²) in [6.45, 7) is 3.87. The van der Waals surface area contributed by atoms with Crippen LogP contribution in [-0.2, 0) is 9.53 Å². The van der Waals surface area contributed by atoms with Crippen molar-refractivity contribution in [3.63, 3.8) is 0 Å². The van der Waals surface area contributed by atoms with E-state index in [1.54, 1.807) is 6.08 Å². The topological polar surface area (TPSA) is 44.1 Å². The van der Waals surface area contributed by atoms with Gasteiger partial charge in [-0.2, -0.15) is 5.10 Å². The van der Waals surface area contributed by atoms with Crippen molar-refractivity contribution < 1.29 is 9.53 Å². The van der Waals surface area contributed by atoms with E-state index in [0.717, 1.165) is 28.1 Å². The first kappa shape index (κ1) is 18.4. The molecule has 3 rings (SSSR count). The fourth-order valence-electron chi connectivity index (χ4n) is 2.98. The lowest BCUT2D eigenvalue weighted by Gasteiger charge is -2.08. The van der Waals surface area contributed by atoms with Crippen molar-refractivity contribution in [3.05, 3.63) is 89.3 Å². The Morgan fingerprint density at radius 2 is 1.67 bits per heavy atom. The van der Waals surface area contributed by atoms with Gasteiger partial charge in [0.1, 0.15) is 0 Å². The Kier molecular flexibility index (Phi) is 5.67. The molecule has 0 spiro atoms. The number of aromatic nitrogens is 2. The number of allylic oxidation sites excluding steroid dienone is 1. The van der Waals surface area contributed by atoms with Crippen LogP contribution in [0.25, 0.3) is 23.4 Å². The summed E-state index contributed by atoms with van der Waals surface area (Å²) in [5.41, 5.74) is 5.44. The van der Waals surface area contributed by atoms with Gasteiger partial charge in [-0.1, -0.05) is 60.7 Å². The maximum Gasteiger partial charge on any atom is 0.338 e. The summed E-state index contributed by atoms with van der Waals surface area (Å²) in [7, 11) is 1.39. The van der Waals surface area contributed by atoms with E-state index < -0.39 is 0 Å². The van der Waals surface area contributed by atoms with Gasteiger partial charge in [-0.15, -0.1) is 0 Å². The number of esters is 1. The third kappa shape index (κ3) is 3.90. The molecule has 0 unspecified atom stereocenters. The van der Waals surface area contributed by atoms with Gasteiger partial charge in [0.05, 0.1) is 24.6 Å². The predicted molar refractivity (Wildman–Crippen MR) is 109 cm³/mol. The van der Waals surface area contributed by atoms with Gasteiger partial charge < -0.3 is 4.74 Å². The van der Waals surface area contributed by atoms with Crippen molar-refractivity contribution >= 4 is 23.7 Å². The Morgan fingerprint density at radius 1 is 1.00 bits per heavy atom. The maximum atomic E-state index is 12.1. The second kappa shape index (κ2) is 8.32. The molecule has 1 aromatic heterocycles. The molecule has 0 N–H and O–H groups in total. The molecular formula is C23H22N2O2. The molecule has 0 saturated heterocycles. The first-order valence-corrected chi connectivity index (χ1v) is 8.78. The summed E-state index contributed by atoms with van der Waals surface area (Å²) in [6.07, 6.45) is 7.64. The van der Waals surface area contributed by atoms with E-state index in [-0.39, 0.29) is 5.97 Å². The van der Waals surface area contributed by atoms with Gasteiger partial charge in [0, 0.05) is 11.3 Å². The Balaban J connectivity index is 1.94. The van der Waals surface area contributed by atoms with Gasteiger partial charge >= 0.3 is 5.97 Å². The smallest absolute Gasteiger partial charge is 0.338 e. The van der Waals surface area contributed by atoms with Crippen LogP contribution in [0.4, 0.5) is 0 Å². The summed E-state index contributed by atoms with van der Waals surface area (Å²) in [5.74, 6) is -0.341. The van der Waals surface area contributed by atoms with Crippen molar-refractivity contribution in [3.8, 4) is 5.69 Å². The number of benzene rings is 2. The van der Waals surface area contributed by atoms with Crippen molar-refractivity contribution in [1.82, 2.24) is 9.78 Å². The minimum Gasteiger partial charge on any atom is -0.465 e. The standard InChI is InChI=1S/C23H22N2O2/c1-4-21(23(26)27-3)22-13-9-8-10-18(22)14-15-19-16-24-25(17(19)2)20-11-6-5-7-12-20/h4-16H,1-3H3. The molecule has 0 fully saturated rings. The summed E-state index contributed by atoms with van der Waals surface area (Å²) >= 11 is 0. The van der Waals surface area contributed by atoms with Crippen LogP contribution in [0.5, 0.6) is 0 Å². The predicted octanol–water partition coefficient (Wildman–Crippen LogP) is 4.93. The Hall–Kier alpha value is -3.40. The quantitative estimate of drug-likeness (QED) is 0.480. The van der Waals surface area contributed by atoms with E-state index in [0.29, 0.717) is 5.57 Å². The second-order valence-corrected chi connectivity index (χ2v) is 6.05. The van der Waals surface area contributed by atoms with Gasteiger partial charge in [-0.3, -0.25) is 0 Å². The van der Waals surface area contributed by atoms with E-state index >= 15 is 0 Å². The van der Waals surface area contributed by atoms with Crippen LogP contribution in [-0.4, -0.2) is 22.9 Å². The number of ether oxygens (including phenoxy) is 1. The van der Waals surface area contributed by atoms with Crippen LogP contribution in [0.1, 0.15) is 29.3 Å². The average molecular weight is 358 g/mol. The van der Waals surface area contributed by atoms with Gasteiger partial charge in [-0.05, 0) is 37.1 Å². The van der Waals surface area contributed by atoms with Crippen LogP contribution < -0.4 is 0 Å². The summed E-state index contributed by atoms with van der Waals surface area (Å²) < 4.78 is 6.82. The third-order valence-corrected chi connectivity index (χ3v) is 4.44. The van der Waals surface area contributed by atoms with Crippen LogP contribution in [0.15, 0.2) is 66.9 Å². The summed E-state index contributed by atoms with van der Waals surface area (Å²) in [6, 6.07) is 17.8. The monoisotopic (exact) mass is 358 g/mol. The minimum absolute atomic E-state index is 0.341. The van der Waals surface area contributed by atoms with E-state index in [9.17, 15) is 4.79 Å². The van der Waals surface area contributed by atoms with Crippen molar-refractivity contribution in [2.45, 2.75) is 13.8 Å². The number of methoxy groups -OCH3 is 1. The Bertz CT molecular complexity index is 998. The zero-order chi connectivity index (χ0) is 19.2. The highest BCUT2D eigenvalue weighted by Gasteiger charge is 2.13. The molecule has 4 heteroatoms. The number of rotatable bonds is 5. The summed E-state index contributed by atoms with van der Waals surface area (Å²) in [4.78, 5) is 12.1. The first-order chi connectivity index (χ1) is 13.2. The molecule has 2 aromatic carbocycles. The third-order valence-electron chi connectivity index (χ3n) is 4.44. The fourth-order valence-corrected chi connectivity index (χ4v) is 2.98. The van der Waals surface area contributed by atoms with E-state index in [1.807, 2.05) is 91.5 Å². The molecule has 0 atom stereocenters. The zero-order valence-corrected chi connectivity index (χ0v) is 15.7. The Morgan fingerprint density at radius 3 is 2.37 bits per heavy atom. The van der Waals surface area contributed by atoms with Gasteiger partial charge in [0.25, 0.3) is 0 Å². The highest BCUT2D eigenvalue weighted by molar-refractivity contribution is 6.17. The number of para-hydroxylation sites is 1. The minimum atomic E-state index is -0.341. The molecule has 0 aliphatic carbocycles. The van der Waals surface area contributed by atoms with Crippen LogP contribution in [0.2, 0.25) is 0 Å². The first-order valence-electron chi connectivity index (χ1n) is 8.78. The molecule has 0 radical (unpaired) electrons. The largest absolute Gasteiger partial charge is 0.465 e. The van der Waals surface area contributed by atoms with Crippen LogP contribution in [0.3, 0.4) is 0 Å². The van der Waals surface area contributed by atoms with Gasteiger partial charge in [0.2, 0.25) is 0 Å². The highest BCUT2D eigenvalue weighted by atomic mass is 16.5. The molecule has 136 valence electrons. The second-order valence-electron chi connectivity index (χ2n) is 6.05. The molecule has 1 heterocycles. The van der Waals surface area contributed by atoms with E-state index in [2.05, 4.69) is 5.10 Å². The van der Waals surface area contributed by atoms with E-state index in [4.69, 9.17) is 4.74 Å². The number of hydrogen-bond acceptors (Lipinski definition) is 3. The number of carbonyl (C=O) groups is 1. The number of nitrogens with zero attached hydrogens (tertiary/aromatic N) is 2. The van der Waals surface area contributed by atoms with Gasteiger partial charge in [0.15, 0.2) is 0 Å². The number of hydrogen-bond donors (Lipinski definition) is 0.